The molecule has 12 heteroatoms. The number of hydrogen-bond acceptors (Lipinski definition) is 6. The average Bonchev–Trinajstić information content (AvgIpc) is 2.64. The SMILES string of the molecule is N=C(N)NCCCCOc1ccc2[nH]c(=O)c(CC(=O)OC(=O)C(F)(F)F)cc2c1. The van der Waals surface area contributed by atoms with E-state index < -0.39 is 30.1 Å². The lowest BCUT2D eigenvalue weighted by Crippen LogP contribution is -2.31. The number of esters is 2. The van der Waals surface area contributed by atoms with Crippen molar-refractivity contribution < 1.29 is 32.2 Å². The molecule has 1 aromatic heterocycles. The van der Waals surface area contributed by atoms with Gasteiger partial charge >= 0.3 is 18.1 Å². The van der Waals surface area contributed by atoms with Crippen molar-refractivity contribution in [1.29, 1.82) is 5.41 Å². The van der Waals surface area contributed by atoms with Crippen LogP contribution in [-0.2, 0) is 20.7 Å². The Labute approximate surface area is 167 Å². The lowest BCUT2D eigenvalue weighted by molar-refractivity contribution is -0.201. The predicted molar refractivity (Wildman–Crippen MR) is 100 cm³/mol. The van der Waals surface area contributed by atoms with E-state index in [-0.39, 0.29) is 11.5 Å². The molecule has 0 radical (unpaired) electrons. The van der Waals surface area contributed by atoms with Crippen LogP contribution < -0.4 is 21.3 Å². The molecule has 1 heterocycles. The van der Waals surface area contributed by atoms with E-state index in [1.165, 1.54) is 6.07 Å². The standard InChI is InChI=1S/C18H19F3N4O5/c19-18(20,21)16(28)30-14(26)9-11-7-10-8-12(3-4-13(10)25-15(11)27)29-6-2-1-5-24-17(22)23/h3-4,7-8H,1-2,5-6,9H2,(H,25,27)(H4,22,23,24). The maximum atomic E-state index is 12.2. The van der Waals surface area contributed by atoms with Gasteiger partial charge < -0.3 is 25.5 Å². The van der Waals surface area contributed by atoms with Crippen LogP contribution in [0, 0.1) is 5.41 Å². The zero-order valence-electron chi connectivity index (χ0n) is 15.6. The van der Waals surface area contributed by atoms with E-state index in [9.17, 15) is 27.6 Å². The number of aromatic nitrogens is 1. The van der Waals surface area contributed by atoms with Crippen molar-refractivity contribution >= 4 is 28.8 Å². The van der Waals surface area contributed by atoms with Crippen LogP contribution in [0.3, 0.4) is 0 Å². The Morgan fingerprint density at radius 2 is 1.93 bits per heavy atom. The van der Waals surface area contributed by atoms with Gasteiger partial charge in [0.2, 0.25) is 0 Å². The summed E-state index contributed by atoms with van der Waals surface area (Å²) in [4.78, 5) is 36.8. The Balaban J connectivity index is 2.02. The summed E-state index contributed by atoms with van der Waals surface area (Å²) in [5.74, 6) is -3.76. The van der Waals surface area contributed by atoms with Gasteiger partial charge in [-0.25, -0.2) is 4.79 Å². The minimum atomic E-state index is -5.31. The Hall–Kier alpha value is -3.57. The van der Waals surface area contributed by atoms with Crippen LogP contribution in [-0.4, -0.2) is 42.2 Å². The van der Waals surface area contributed by atoms with Gasteiger partial charge in [0.05, 0.1) is 13.0 Å². The zero-order valence-corrected chi connectivity index (χ0v) is 15.6. The van der Waals surface area contributed by atoms with Crippen molar-refractivity contribution in [2.24, 2.45) is 5.73 Å². The smallest absolute Gasteiger partial charge is 0.491 e. The van der Waals surface area contributed by atoms with Crippen molar-refractivity contribution in [1.82, 2.24) is 10.3 Å². The van der Waals surface area contributed by atoms with Crippen LogP contribution in [0.2, 0.25) is 0 Å². The third-order valence-corrected chi connectivity index (χ3v) is 3.82. The van der Waals surface area contributed by atoms with Crippen molar-refractivity contribution in [3.8, 4) is 5.75 Å². The molecule has 5 N–H and O–H groups in total. The quantitative estimate of drug-likeness (QED) is 0.163. The second kappa shape index (κ2) is 9.76. The fraction of sp³-hybridized carbons (Fsp3) is 0.333. The molecule has 0 saturated heterocycles. The van der Waals surface area contributed by atoms with Gasteiger partial charge in [-0.05, 0) is 37.1 Å². The van der Waals surface area contributed by atoms with Crippen molar-refractivity contribution in [3.63, 3.8) is 0 Å². The van der Waals surface area contributed by atoms with Gasteiger partial charge in [0.15, 0.2) is 5.96 Å². The number of halogens is 3. The van der Waals surface area contributed by atoms with Crippen LogP contribution in [0.5, 0.6) is 5.75 Å². The Morgan fingerprint density at radius 3 is 2.60 bits per heavy atom. The Bertz CT molecular complexity index is 1000. The molecule has 0 aliphatic rings. The van der Waals surface area contributed by atoms with Gasteiger partial charge in [-0.2, -0.15) is 13.2 Å². The van der Waals surface area contributed by atoms with E-state index in [0.717, 1.165) is 6.42 Å². The van der Waals surface area contributed by atoms with Crippen molar-refractivity contribution in [2.75, 3.05) is 13.2 Å². The number of fused-ring (bicyclic) bond motifs is 1. The van der Waals surface area contributed by atoms with Gasteiger partial charge in [0.1, 0.15) is 5.75 Å². The highest BCUT2D eigenvalue weighted by Crippen LogP contribution is 2.20. The molecule has 1 aromatic carbocycles. The van der Waals surface area contributed by atoms with E-state index in [0.29, 0.717) is 36.2 Å². The number of aromatic amines is 1. The van der Waals surface area contributed by atoms with Gasteiger partial charge in [-0.15, -0.1) is 0 Å². The summed E-state index contributed by atoms with van der Waals surface area (Å²) in [5, 5.41) is 10.2. The summed E-state index contributed by atoms with van der Waals surface area (Å²) in [6.07, 6.45) is -4.70. The summed E-state index contributed by atoms with van der Waals surface area (Å²) >= 11 is 0. The molecule has 0 spiro atoms. The molecule has 30 heavy (non-hydrogen) atoms. The number of pyridine rings is 1. The van der Waals surface area contributed by atoms with Gasteiger partial charge in [-0.3, -0.25) is 15.0 Å². The topological polar surface area (TPSA) is 147 Å². The average molecular weight is 428 g/mol. The summed E-state index contributed by atoms with van der Waals surface area (Å²) in [7, 11) is 0. The number of carbonyl (C=O) groups excluding carboxylic acids is 2. The van der Waals surface area contributed by atoms with E-state index in [2.05, 4.69) is 15.0 Å². The summed E-state index contributed by atoms with van der Waals surface area (Å²) in [6.45, 7) is 0.918. The number of hydrogen-bond donors (Lipinski definition) is 4. The maximum Gasteiger partial charge on any atom is 0.491 e. The number of nitrogens with two attached hydrogens (primary N) is 1. The lowest BCUT2D eigenvalue weighted by Gasteiger charge is -2.09. The molecule has 0 bridgehead atoms. The number of unbranched alkanes of at least 4 members (excludes halogenated alkanes) is 1. The highest BCUT2D eigenvalue weighted by atomic mass is 19.4. The molecule has 2 rings (SSSR count). The fourth-order valence-electron chi connectivity index (χ4n) is 2.44. The van der Waals surface area contributed by atoms with Crippen LogP contribution in [0.1, 0.15) is 18.4 Å². The van der Waals surface area contributed by atoms with E-state index in [1.807, 2.05) is 0 Å². The molecule has 162 valence electrons. The molecule has 2 aromatic rings. The number of rotatable bonds is 8. The zero-order chi connectivity index (χ0) is 22.3. The lowest BCUT2D eigenvalue weighted by atomic mass is 10.1. The summed E-state index contributed by atoms with van der Waals surface area (Å²) < 4.78 is 45.8. The Kier molecular flexibility index (Phi) is 7.39. The molecule has 9 nitrogen and oxygen atoms in total. The molecule has 0 aliphatic carbocycles. The third kappa shape index (κ3) is 6.79. The minimum absolute atomic E-state index is 0.109. The van der Waals surface area contributed by atoms with E-state index in [4.69, 9.17) is 15.9 Å². The molecular weight excluding hydrogens is 409 g/mol. The molecular formula is C18H19F3N4O5. The van der Waals surface area contributed by atoms with E-state index in [1.54, 1.807) is 18.2 Å². The normalized spacial score (nSPS) is 11.2. The Morgan fingerprint density at radius 1 is 1.20 bits per heavy atom. The van der Waals surface area contributed by atoms with Crippen LogP contribution in [0.15, 0.2) is 29.1 Å². The first kappa shape index (κ1) is 22.7. The highest BCUT2D eigenvalue weighted by molar-refractivity contribution is 5.90. The monoisotopic (exact) mass is 428 g/mol. The summed E-state index contributed by atoms with van der Waals surface area (Å²) in [5.41, 5.74) is 4.75. The second-order valence-corrected chi connectivity index (χ2v) is 6.20. The van der Waals surface area contributed by atoms with Gasteiger partial charge in [0, 0.05) is 23.0 Å². The van der Waals surface area contributed by atoms with E-state index >= 15 is 0 Å². The number of nitrogens with one attached hydrogen (secondary N) is 3. The first-order chi connectivity index (χ1) is 14.1. The van der Waals surface area contributed by atoms with Crippen molar-refractivity contribution in [2.45, 2.75) is 25.4 Å². The number of H-pyrrole nitrogens is 1. The highest BCUT2D eigenvalue weighted by Gasteiger charge is 2.42. The number of ether oxygens (including phenoxy) is 2. The minimum Gasteiger partial charge on any atom is -0.494 e. The van der Waals surface area contributed by atoms with Crippen molar-refractivity contribution in [3.05, 3.63) is 40.2 Å². The molecule has 0 fully saturated rings. The number of alkyl halides is 3. The first-order valence-electron chi connectivity index (χ1n) is 8.75. The number of guanidine groups is 1. The van der Waals surface area contributed by atoms with Crippen LogP contribution in [0.25, 0.3) is 10.9 Å². The number of carbonyl (C=O) groups is 2. The van der Waals surface area contributed by atoms with Crippen LogP contribution in [0.4, 0.5) is 13.2 Å². The maximum absolute atomic E-state index is 12.2. The molecule has 0 atom stereocenters. The molecule has 0 aliphatic heterocycles. The van der Waals surface area contributed by atoms with Crippen LogP contribution >= 0.6 is 0 Å². The second-order valence-electron chi connectivity index (χ2n) is 6.20. The largest absolute Gasteiger partial charge is 0.494 e. The predicted octanol–water partition coefficient (Wildman–Crippen LogP) is 1.34. The first-order valence-corrected chi connectivity index (χ1v) is 8.75. The molecule has 0 amide bonds. The van der Waals surface area contributed by atoms with Gasteiger partial charge in [-0.1, -0.05) is 0 Å². The molecule has 0 saturated carbocycles. The number of benzene rings is 1. The fourth-order valence-corrected chi connectivity index (χ4v) is 2.44. The summed E-state index contributed by atoms with van der Waals surface area (Å²) in [6, 6.07) is 6.12. The molecule has 0 unspecified atom stereocenters. The van der Waals surface area contributed by atoms with Gasteiger partial charge in [0.25, 0.3) is 5.56 Å². The third-order valence-electron chi connectivity index (χ3n) is 3.82.